The fourth-order valence-corrected chi connectivity index (χ4v) is 1.02. The molecule has 1 rings (SSSR count). The number of aromatic nitrogens is 1. The van der Waals surface area contributed by atoms with Crippen molar-refractivity contribution < 1.29 is 31.1 Å². The third-order valence-electron chi connectivity index (χ3n) is 1.73. The van der Waals surface area contributed by atoms with Gasteiger partial charge in [-0.25, -0.2) is 10.8 Å². The predicted molar refractivity (Wildman–Crippen MR) is 48.6 cm³/mol. The van der Waals surface area contributed by atoms with Crippen LogP contribution in [0.1, 0.15) is 0 Å². The Balaban J connectivity index is 2.97. The average molecular weight is 275 g/mol. The Hall–Kier alpha value is -1.71. The molecule has 0 aliphatic heterocycles. The van der Waals surface area contributed by atoms with E-state index in [9.17, 15) is 26.3 Å². The van der Waals surface area contributed by atoms with E-state index in [2.05, 4.69) is 9.72 Å². The number of nitrogens with zero attached hydrogens (tertiary/aromatic N) is 1. The summed E-state index contributed by atoms with van der Waals surface area (Å²) >= 11 is 0. The van der Waals surface area contributed by atoms with Crippen molar-refractivity contribution in [2.75, 3.05) is 5.43 Å². The minimum atomic E-state index is -5.57. The van der Waals surface area contributed by atoms with Crippen molar-refractivity contribution in [3.05, 3.63) is 18.3 Å². The number of hydrogen-bond acceptors (Lipinski definition) is 4. The summed E-state index contributed by atoms with van der Waals surface area (Å²) < 4.78 is 77.0. The zero-order valence-electron chi connectivity index (χ0n) is 8.51. The topological polar surface area (TPSA) is 60.2 Å². The van der Waals surface area contributed by atoms with Gasteiger partial charge in [-0.05, 0) is 6.07 Å². The summed E-state index contributed by atoms with van der Waals surface area (Å²) in [6.45, 7) is 0. The summed E-state index contributed by atoms with van der Waals surface area (Å²) in [5.74, 6) is 4.12. The summed E-state index contributed by atoms with van der Waals surface area (Å²) in [6, 6.07) is 1.66. The number of nitrogens with one attached hydrogen (secondary N) is 1. The van der Waals surface area contributed by atoms with Crippen LogP contribution >= 0.6 is 0 Å². The molecule has 0 fully saturated rings. The summed E-state index contributed by atoms with van der Waals surface area (Å²) in [5.41, 5.74) is 1.96. The van der Waals surface area contributed by atoms with Crippen LogP contribution in [-0.4, -0.2) is 23.4 Å². The summed E-state index contributed by atoms with van der Waals surface area (Å²) in [7, 11) is 0. The van der Waals surface area contributed by atoms with Crippen LogP contribution in [0.25, 0.3) is 0 Å². The van der Waals surface area contributed by atoms with Gasteiger partial charge in [-0.2, -0.15) is 26.3 Å². The molecular weight excluding hydrogens is 268 g/mol. The highest BCUT2D eigenvalue weighted by atomic mass is 19.4. The SMILES string of the molecule is NNc1cc(OC(C(F)(F)F)C(F)(F)F)ccn1. The normalized spacial score (nSPS) is 12.7. The van der Waals surface area contributed by atoms with Crippen LogP contribution in [0.3, 0.4) is 0 Å². The molecule has 1 aromatic heterocycles. The van der Waals surface area contributed by atoms with E-state index in [4.69, 9.17) is 5.84 Å². The second kappa shape index (κ2) is 4.88. The molecule has 0 aliphatic rings. The Kier molecular flexibility index (Phi) is 3.89. The minimum absolute atomic E-state index is 0.129. The molecule has 0 atom stereocenters. The Morgan fingerprint density at radius 3 is 2.17 bits per heavy atom. The van der Waals surface area contributed by atoms with Crippen LogP contribution in [0, 0.1) is 0 Å². The number of halogens is 6. The van der Waals surface area contributed by atoms with Crippen LogP contribution in [0.4, 0.5) is 32.2 Å². The standard InChI is InChI=1S/C8H7F6N3O/c9-7(10,11)6(8(12,13)14)18-4-1-2-16-5(3-4)17-15/h1-3,6H,15H2,(H,16,17). The van der Waals surface area contributed by atoms with Crippen molar-refractivity contribution in [1.29, 1.82) is 0 Å². The highest BCUT2D eigenvalue weighted by molar-refractivity contribution is 5.39. The average Bonchev–Trinajstić information content (AvgIpc) is 2.23. The minimum Gasteiger partial charge on any atom is -0.471 e. The highest BCUT2D eigenvalue weighted by Gasteiger charge is 2.59. The first-order valence-corrected chi connectivity index (χ1v) is 4.37. The van der Waals surface area contributed by atoms with Crippen LogP contribution < -0.4 is 16.0 Å². The Bertz CT molecular complexity index is 391. The lowest BCUT2D eigenvalue weighted by atomic mass is 10.3. The van der Waals surface area contributed by atoms with Gasteiger partial charge in [0, 0.05) is 12.3 Å². The molecule has 0 bridgehead atoms. The second-order valence-corrected chi connectivity index (χ2v) is 3.10. The van der Waals surface area contributed by atoms with E-state index in [1.807, 2.05) is 5.43 Å². The fraction of sp³-hybridized carbons (Fsp3) is 0.375. The smallest absolute Gasteiger partial charge is 0.434 e. The zero-order chi connectivity index (χ0) is 14.0. The Labute approximate surface area is 96.7 Å². The monoisotopic (exact) mass is 275 g/mol. The van der Waals surface area contributed by atoms with Gasteiger partial charge in [0.2, 0.25) is 0 Å². The molecule has 0 unspecified atom stereocenters. The molecule has 10 heteroatoms. The number of rotatable bonds is 3. The first-order valence-electron chi connectivity index (χ1n) is 4.37. The van der Waals surface area contributed by atoms with E-state index in [0.29, 0.717) is 0 Å². The quantitative estimate of drug-likeness (QED) is 0.504. The van der Waals surface area contributed by atoms with E-state index >= 15 is 0 Å². The molecule has 1 aromatic rings. The number of alkyl halides is 6. The maximum Gasteiger partial charge on any atom is 0.434 e. The molecule has 0 aliphatic carbocycles. The van der Waals surface area contributed by atoms with Gasteiger partial charge >= 0.3 is 12.4 Å². The van der Waals surface area contributed by atoms with Crippen LogP contribution in [0.2, 0.25) is 0 Å². The third-order valence-corrected chi connectivity index (χ3v) is 1.73. The first-order chi connectivity index (χ1) is 8.14. The number of nitrogens with two attached hydrogens (primary N) is 1. The summed E-state index contributed by atoms with van der Waals surface area (Å²) in [4.78, 5) is 3.51. The molecule has 3 N–H and O–H groups in total. The molecule has 0 saturated carbocycles. The van der Waals surface area contributed by atoms with Crippen molar-refractivity contribution >= 4 is 5.82 Å². The summed E-state index contributed by atoms with van der Waals surface area (Å²) in [6.07, 6.45) is -14.1. The number of hydrazine groups is 1. The molecule has 0 amide bonds. The van der Waals surface area contributed by atoms with Crippen LogP contribution in [0.15, 0.2) is 18.3 Å². The molecule has 4 nitrogen and oxygen atoms in total. The molecule has 1 heterocycles. The van der Waals surface area contributed by atoms with Gasteiger partial charge in [-0.3, -0.25) is 0 Å². The first kappa shape index (κ1) is 14.4. The maximum atomic E-state index is 12.2. The molecule has 18 heavy (non-hydrogen) atoms. The van der Waals surface area contributed by atoms with Gasteiger partial charge in [-0.15, -0.1) is 0 Å². The van der Waals surface area contributed by atoms with Gasteiger partial charge < -0.3 is 10.2 Å². The van der Waals surface area contributed by atoms with Gasteiger partial charge in [0.15, 0.2) is 0 Å². The fourth-order valence-electron chi connectivity index (χ4n) is 1.02. The zero-order valence-corrected chi connectivity index (χ0v) is 8.51. The van der Waals surface area contributed by atoms with Crippen molar-refractivity contribution in [3.8, 4) is 5.75 Å². The van der Waals surface area contributed by atoms with E-state index in [1.54, 1.807) is 0 Å². The predicted octanol–water partition coefficient (Wildman–Crippen LogP) is 2.24. The Morgan fingerprint density at radius 2 is 1.72 bits per heavy atom. The van der Waals surface area contributed by atoms with Crippen molar-refractivity contribution in [1.82, 2.24) is 4.98 Å². The Morgan fingerprint density at radius 1 is 1.17 bits per heavy atom. The van der Waals surface area contributed by atoms with Gasteiger partial charge in [0.25, 0.3) is 6.10 Å². The van der Waals surface area contributed by atoms with Crippen molar-refractivity contribution in [3.63, 3.8) is 0 Å². The van der Waals surface area contributed by atoms with E-state index in [-0.39, 0.29) is 5.82 Å². The van der Waals surface area contributed by atoms with Crippen molar-refractivity contribution in [2.24, 2.45) is 5.84 Å². The number of anilines is 1. The lowest BCUT2D eigenvalue weighted by Crippen LogP contribution is -2.46. The van der Waals surface area contributed by atoms with Crippen LogP contribution in [0.5, 0.6) is 5.75 Å². The molecular formula is C8H7F6N3O. The maximum absolute atomic E-state index is 12.2. The molecule has 0 spiro atoms. The molecule has 0 saturated heterocycles. The van der Waals surface area contributed by atoms with Crippen LogP contribution in [-0.2, 0) is 0 Å². The number of hydrogen-bond donors (Lipinski definition) is 2. The van der Waals surface area contributed by atoms with Gasteiger partial charge in [0.1, 0.15) is 11.6 Å². The van der Waals surface area contributed by atoms with Gasteiger partial charge in [0.05, 0.1) is 0 Å². The lowest BCUT2D eigenvalue weighted by molar-refractivity contribution is -0.299. The molecule has 0 radical (unpaired) electrons. The van der Waals surface area contributed by atoms with Gasteiger partial charge in [-0.1, -0.05) is 0 Å². The summed E-state index contributed by atoms with van der Waals surface area (Å²) in [5, 5.41) is 0. The molecule has 0 aromatic carbocycles. The molecule has 102 valence electrons. The third kappa shape index (κ3) is 3.65. The van der Waals surface area contributed by atoms with E-state index < -0.39 is 24.2 Å². The van der Waals surface area contributed by atoms with E-state index in [1.165, 1.54) is 0 Å². The lowest BCUT2D eigenvalue weighted by Gasteiger charge is -2.23. The number of nitrogen functional groups attached to an aromatic ring is 1. The number of pyridine rings is 1. The van der Waals surface area contributed by atoms with Crippen molar-refractivity contribution in [2.45, 2.75) is 18.5 Å². The highest BCUT2D eigenvalue weighted by Crippen LogP contribution is 2.36. The number of ether oxygens (including phenoxy) is 1. The largest absolute Gasteiger partial charge is 0.471 e. The van der Waals surface area contributed by atoms with E-state index in [0.717, 1.165) is 18.3 Å². The second-order valence-electron chi connectivity index (χ2n) is 3.10.